The molecule has 0 heterocycles. The van der Waals surface area contributed by atoms with Gasteiger partial charge in [-0.2, -0.15) is 0 Å². The standard InChI is InChI=1S/C10H10BrFO4/c1-15-5-3-6(8(12)7(11)4-5)9(13)10(14)16-2/h3-4,9,13H,1-2H3. The third kappa shape index (κ3) is 2.51. The number of carbonyl (C=O) groups excluding carboxylic acids is 1. The molecule has 0 aliphatic rings. The number of aliphatic hydroxyl groups is 1. The first kappa shape index (κ1) is 12.9. The smallest absolute Gasteiger partial charge is 0.339 e. The van der Waals surface area contributed by atoms with Crippen LogP contribution < -0.4 is 4.74 Å². The second-order valence-electron chi connectivity index (χ2n) is 2.94. The van der Waals surface area contributed by atoms with Gasteiger partial charge in [-0.25, -0.2) is 9.18 Å². The molecule has 0 aromatic heterocycles. The molecule has 4 nitrogen and oxygen atoms in total. The van der Waals surface area contributed by atoms with Crippen LogP contribution in [0.2, 0.25) is 0 Å². The first-order valence-electron chi connectivity index (χ1n) is 4.30. The van der Waals surface area contributed by atoms with Crippen LogP contribution in [-0.2, 0) is 9.53 Å². The molecular weight excluding hydrogens is 283 g/mol. The van der Waals surface area contributed by atoms with Crippen molar-refractivity contribution >= 4 is 21.9 Å². The molecule has 0 saturated heterocycles. The number of hydrogen-bond acceptors (Lipinski definition) is 4. The molecule has 0 spiro atoms. The Hall–Kier alpha value is -1.14. The highest BCUT2D eigenvalue weighted by molar-refractivity contribution is 9.10. The van der Waals surface area contributed by atoms with Crippen molar-refractivity contribution in [3.8, 4) is 5.75 Å². The summed E-state index contributed by atoms with van der Waals surface area (Å²) >= 11 is 2.96. The highest BCUT2D eigenvalue weighted by Crippen LogP contribution is 2.29. The Labute approximate surface area is 100 Å². The fourth-order valence-corrected chi connectivity index (χ4v) is 1.59. The molecule has 16 heavy (non-hydrogen) atoms. The van der Waals surface area contributed by atoms with Crippen LogP contribution in [0.4, 0.5) is 4.39 Å². The second kappa shape index (κ2) is 5.27. The van der Waals surface area contributed by atoms with Crippen molar-refractivity contribution in [3.63, 3.8) is 0 Å². The van der Waals surface area contributed by atoms with E-state index in [0.717, 1.165) is 7.11 Å². The van der Waals surface area contributed by atoms with Gasteiger partial charge in [0.15, 0.2) is 6.10 Å². The Morgan fingerprint density at radius 3 is 2.62 bits per heavy atom. The summed E-state index contributed by atoms with van der Waals surface area (Å²) in [4.78, 5) is 11.1. The van der Waals surface area contributed by atoms with E-state index in [1.807, 2.05) is 0 Å². The topological polar surface area (TPSA) is 55.8 Å². The number of aliphatic hydroxyl groups excluding tert-OH is 1. The molecule has 0 aliphatic carbocycles. The number of rotatable bonds is 3. The maximum atomic E-state index is 13.6. The fraction of sp³-hybridized carbons (Fsp3) is 0.300. The van der Waals surface area contributed by atoms with E-state index in [4.69, 9.17) is 4.74 Å². The molecule has 6 heteroatoms. The molecule has 0 amide bonds. The lowest BCUT2D eigenvalue weighted by molar-refractivity contribution is -0.150. The number of halogens is 2. The quantitative estimate of drug-likeness (QED) is 0.863. The van der Waals surface area contributed by atoms with Gasteiger partial charge in [-0.3, -0.25) is 0 Å². The average Bonchev–Trinajstić information content (AvgIpc) is 2.30. The molecule has 1 atom stereocenters. The Kier molecular flexibility index (Phi) is 4.26. The zero-order valence-electron chi connectivity index (χ0n) is 8.66. The largest absolute Gasteiger partial charge is 0.497 e. The van der Waals surface area contributed by atoms with Crippen LogP contribution in [0.3, 0.4) is 0 Å². The zero-order valence-corrected chi connectivity index (χ0v) is 10.2. The summed E-state index contributed by atoms with van der Waals surface area (Å²) in [5.41, 5.74) is -0.196. The van der Waals surface area contributed by atoms with Gasteiger partial charge < -0.3 is 14.6 Å². The molecule has 1 aromatic carbocycles. The number of hydrogen-bond donors (Lipinski definition) is 1. The van der Waals surface area contributed by atoms with Gasteiger partial charge in [-0.05, 0) is 28.1 Å². The summed E-state index contributed by atoms with van der Waals surface area (Å²) in [7, 11) is 2.51. The van der Waals surface area contributed by atoms with Crippen molar-refractivity contribution < 1.29 is 23.8 Å². The Morgan fingerprint density at radius 1 is 1.50 bits per heavy atom. The van der Waals surface area contributed by atoms with Gasteiger partial charge in [-0.1, -0.05) is 0 Å². The van der Waals surface area contributed by atoms with Gasteiger partial charge in [0.1, 0.15) is 11.6 Å². The summed E-state index contributed by atoms with van der Waals surface area (Å²) < 4.78 is 22.9. The third-order valence-electron chi connectivity index (χ3n) is 1.98. The Morgan fingerprint density at radius 2 is 2.12 bits per heavy atom. The summed E-state index contributed by atoms with van der Waals surface area (Å²) in [6.07, 6.45) is -1.67. The summed E-state index contributed by atoms with van der Waals surface area (Å²) in [5, 5.41) is 9.52. The number of methoxy groups -OCH3 is 2. The molecule has 0 aliphatic heterocycles. The maximum Gasteiger partial charge on any atom is 0.339 e. The first-order chi connectivity index (χ1) is 7.51. The second-order valence-corrected chi connectivity index (χ2v) is 3.79. The highest BCUT2D eigenvalue weighted by Gasteiger charge is 2.24. The van der Waals surface area contributed by atoms with E-state index >= 15 is 0 Å². The lowest BCUT2D eigenvalue weighted by Gasteiger charge is -2.12. The lowest BCUT2D eigenvalue weighted by atomic mass is 10.1. The van der Waals surface area contributed by atoms with Crippen molar-refractivity contribution in [1.82, 2.24) is 0 Å². The van der Waals surface area contributed by atoms with Crippen LogP contribution in [0.5, 0.6) is 5.75 Å². The van der Waals surface area contributed by atoms with Gasteiger partial charge in [0, 0.05) is 5.56 Å². The van der Waals surface area contributed by atoms with Gasteiger partial charge in [0.05, 0.1) is 18.7 Å². The van der Waals surface area contributed by atoms with Gasteiger partial charge >= 0.3 is 5.97 Å². The van der Waals surface area contributed by atoms with Gasteiger partial charge in [0.25, 0.3) is 0 Å². The van der Waals surface area contributed by atoms with Crippen LogP contribution in [0.15, 0.2) is 16.6 Å². The van der Waals surface area contributed by atoms with Crippen LogP contribution in [-0.4, -0.2) is 25.3 Å². The first-order valence-corrected chi connectivity index (χ1v) is 5.09. The van der Waals surface area contributed by atoms with Crippen LogP contribution in [0.1, 0.15) is 11.7 Å². The summed E-state index contributed by atoms with van der Waals surface area (Å²) in [6, 6.07) is 2.63. The molecule has 0 fully saturated rings. The fourth-order valence-electron chi connectivity index (χ4n) is 1.14. The summed E-state index contributed by atoms with van der Waals surface area (Å²) in [5.74, 6) is -1.33. The average molecular weight is 293 g/mol. The molecule has 88 valence electrons. The number of carbonyl (C=O) groups is 1. The maximum absolute atomic E-state index is 13.6. The van der Waals surface area contributed by atoms with E-state index in [0.29, 0.717) is 5.75 Å². The van der Waals surface area contributed by atoms with Crippen molar-refractivity contribution in [2.24, 2.45) is 0 Å². The molecule has 0 bridgehead atoms. The molecule has 1 aromatic rings. The number of ether oxygens (including phenoxy) is 2. The molecular formula is C10H10BrFO4. The molecule has 0 saturated carbocycles. The molecule has 1 unspecified atom stereocenters. The Bertz CT molecular complexity index is 408. The minimum atomic E-state index is -1.67. The van der Waals surface area contributed by atoms with E-state index < -0.39 is 17.9 Å². The van der Waals surface area contributed by atoms with Crippen molar-refractivity contribution in [2.75, 3.05) is 14.2 Å². The molecule has 1 rings (SSSR count). The van der Waals surface area contributed by atoms with Crippen LogP contribution >= 0.6 is 15.9 Å². The van der Waals surface area contributed by atoms with Crippen molar-refractivity contribution in [1.29, 1.82) is 0 Å². The number of esters is 1. The SMILES string of the molecule is COC(=O)C(O)c1cc(OC)cc(Br)c1F. The highest BCUT2D eigenvalue weighted by atomic mass is 79.9. The number of benzene rings is 1. The van der Waals surface area contributed by atoms with Gasteiger partial charge in [-0.15, -0.1) is 0 Å². The predicted octanol–water partition coefficient (Wildman–Crippen LogP) is 1.80. The monoisotopic (exact) mass is 292 g/mol. The minimum absolute atomic E-state index is 0.102. The van der Waals surface area contributed by atoms with Gasteiger partial charge in [0.2, 0.25) is 0 Å². The van der Waals surface area contributed by atoms with E-state index in [1.54, 1.807) is 0 Å². The molecule has 0 radical (unpaired) electrons. The minimum Gasteiger partial charge on any atom is -0.497 e. The predicted molar refractivity (Wildman–Crippen MR) is 57.6 cm³/mol. The molecule has 1 N–H and O–H groups in total. The van der Waals surface area contributed by atoms with Crippen LogP contribution in [0.25, 0.3) is 0 Å². The third-order valence-corrected chi connectivity index (χ3v) is 2.56. The van der Waals surface area contributed by atoms with E-state index in [1.165, 1.54) is 19.2 Å². The van der Waals surface area contributed by atoms with E-state index in [2.05, 4.69) is 20.7 Å². The lowest BCUT2D eigenvalue weighted by Crippen LogP contribution is -2.15. The zero-order chi connectivity index (χ0) is 12.3. The normalized spacial score (nSPS) is 12.1. The van der Waals surface area contributed by atoms with E-state index in [9.17, 15) is 14.3 Å². The van der Waals surface area contributed by atoms with Crippen molar-refractivity contribution in [3.05, 3.63) is 28.0 Å². The van der Waals surface area contributed by atoms with E-state index in [-0.39, 0.29) is 10.0 Å². The van der Waals surface area contributed by atoms with Crippen LogP contribution in [0, 0.1) is 5.82 Å². The van der Waals surface area contributed by atoms with Crippen molar-refractivity contribution in [2.45, 2.75) is 6.10 Å². The summed E-state index contributed by atoms with van der Waals surface area (Å²) in [6.45, 7) is 0. The Balaban J connectivity index is 3.21.